The van der Waals surface area contributed by atoms with Gasteiger partial charge in [-0.05, 0) is 12.3 Å². The molecule has 9 heteroatoms. The van der Waals surface area contributed by atoms with Gasteiger partial charge in [0.05, 0.1) is 5.75 Å². The summed E-state index contributed by atoms with van der Waals surface area (Å²) < 4.78 is 0. The van der Waals surface area contributed by atoms with Crippen LogP contribution in [0.4, 0.5) is 4.79 Å². The molecule has 0 aromatic carbocycles. The summed E-state index contributed by atoms with van der Waals surface area (Å²) in [5.74, 6) is -1.02. The number of carbonyl (C=O) groups excluding carboxylic acids is 2. The SMILES string of the molecule is CC(C)CCN1C(SCC(=O)O)=NC2C1C(=O)NC(=O)N2C. The van der Waals surface area contributed by atoms with Crippen LogP contribution in [0.5, 0.6) is 0 Å². The van der Waals surface area contributed by atoms with Crippen LogP contribution in [-0.4, -0.2) is 69.5 Å². The van der Waals surface area contributed by atoms with Gasteiger partial charge in [0, 0.05) is 13.6 Å². The standard InChI is InChI=1S/C13H20N4O4S/c1-7(2)4-5-17-9-10(14-13(17)22-6-8(18)19)16(3)12(21)15-11(9)20/h7,9-10H,4-6H2,1-3H3,(H,18,19)(H,15,20,21). The van der Waals surface area contributed by atoms with Gasteiger partial charge in [0.25, 0.3) is 5.91 Å². The third kappa shape index (κ3) is 3.34. The number of thioether (sulfide) groups is 1. The molecule has 2 rings (SSSR count). The molecule has 22 heavy (non-hydrogen) atoms. The number of aliphatic imine (C=N–C) groups is 1. The lowest BCUT2D eigenvalue weighted by atomic mass is 10.1. The molecule has 0 spiro atoms. The zero-order valence-corrected chi connectivity index (χ0v) is 13.6. The second kappa shape index (κ2) is 6.55. The molecule has 2 heterocycles. The Morgan fingerprint density at radius 3 is 2.73 bits per heavy atom. The number of carboxylic acids is 1. The number of aliphatic carboxylic acids is 1. The smallest absolute Gasteiger partial charge is 0.325 e. The van der Waals surface area contributed by atoms with Gasteiger partial charge in [-0.2, -0.15) is 0 Å². The number of likely N-dealkylation sites (N-methyl/N-ethyl adjacent to an activating group) is 1. The van der Waals surface area contributed by atoms with Gasteiger partial charge < -0.3 is 14.9 Å². The van der Waals surface area contributed by atoms with E-state index in [-0.39, 0.29) is 11.7 Å². The van der Waals surface area contributed by atoms with Crippen LogP contribution < -0.4 is 5.32 Å². The van der Waals surface area contributed by atoms with E-state index in [1.54, 1.807) is 7.05 Å². The third-order valence-corrected chi connectivity index (χ3v) is 4.58. The molecule has 1 fully saturated rings. The number of amides is 3. The maximum Gasteiger partial charge on any atom is 0.325 e. The quantitative estimate of drug-likeness (QED) is 0.757. The number of carbonyl (C=O) groups is 3. The van der Waals surface area contributed by atoms with Crippen molar-refractivity contribution in [3.05, 3.63) is 0 Å². The first-order valence-corrected chi connectivity index (χ1v) is 8.06. The number of urea groups is 1. The summed E-state index contributed by atoms with van der Waals surface area (Å²) in [6, 6.07) is -1.07. The summed E-state index contributed by atoms with van der Waals surface area (Å²) >= 11 is 1.08. The van der Waals surface area contributed by atoms with Crippen LogP contribution in [0, 0.1) is 5.92 Å². The number of imide groups is 1. The van der Waals surface area contributed by atoms with Gasteiger partial charge in [0.15, 0.2) is 17.4 Å². The Bertz CT molecular complexity index is 522. The summed E-state index contributed by atoms with van der Waals surface area (Å²) in [4.78, 5) is 42.3. The molecule has 2 aliphatic heterocycles. The van der Waals surface area contributed by atoms with E-state index in [4.69, 9.17) is 5.11 Å². The average Bonchev–Trinajstić information content (AvgIpc) is 2.79. The Balaban J connectivity index is 2.21. The van der Waals surface area contributed by atoms with Crippen LogP contribution in [0.3, 0.4) is 0 Å². The van der Waals surface area contributed by atoms with Crippen molar-refractivity contribution in [3.63, 3.8) is 0 Å². The van der Waals surface area contributed by atoms with E-state index in [1.165, 1.54) is 4.90 Å². The van der Waals surface area contributed by atoms with Crippen molar-refractivity contribution < 1.29 is 19.5 Å². The topological polar surface area (TPSA) is 102 Å². The predicted octanol–water partition coefficient (Wildman–Crippen LogP) is 0.398. The summed E-state index contributed by atoms with van der Waals surface area (Å²) in [7, 11) is 1.58. The molecule has 3 amide bonds. The molecule has 2 unspecified atom stereocenters. The second-order valence-electron chi connectivity index (χ2n) is 5.73. The fourth-order valence-electron chi connectivity index (χ4n) is 2.38. The van der Waals surface area contributed by atoms with Crippen LogP contribution in [-0.2, 0) is 9.59 Å². The molecular formula is C13H20N4O4S. The highest BCUT2D eigenvalue weighted by Gasteiger charge is 2.48. The van der Waals surface area contributed by atoms with E-state index < -0.39 is 24.2 Å². The molecule has 0 aromatic heterocycles. The van der Waals surface area contributed by atoms with Crippen molar-refractivity contribution in [2.45, 2.75) is 32.5 Å². The van der Waals surface area contributed by atoms with Crippen LogP contribution in [0.15, 0.2) is 4.99 Å². The Morgan fingerprint density at radius 2 is 2.14 bits per heavy atom. The molecule has 122 valence electrons. The second-order valence-corrected chi connectivity index (χ2v) is 6.68. The third-order valence-electron chi connectivity index (χ3n) is 3.59. The van der Waals surface area contributed by atoms with Gasteiger partial charge in [-0.15, -0.1) is 0 Å². The highest BCUT2D eigenvalue weighted by Crippen LogP contribution is 2.28. The Hall–Kier alpha value is -1.77. The van der Waals surface area contributed by atoms with Crippen molar-refractivity contribution in [2.24, 2.45) is 10.9 Å². The van der Waals surface area contributed by atoms with Crippen LogP contribution in [0.1, 0.15) is 20.3 Å². The summed E-state index contributed by atoms with van der Waals surface area (Å²) in [6.07, 6.45) is 0.255. The van der Waals surface area contributed by atoms with Gasteiger partial charge in [-0.3, -0.25) is 14.9 Å². The van der Waals surface area contributed by atoms with E-state index in [0.29, 0.717) is 17.6 Å². The van der Waals surface area contributed by atoms with Gasteiger partial charge >= 0.3 is 12.0 Å². The number of hydrogen-bond donors (Lipinski definition) is 2. The van der Waals surface area contributed by atoms with Crippen molar-refractivity contribution >= 4 is 34.8 Å². The average molecular weight is 328 g/mol. The molecular weight excluding hydrogens is 308 g/mol. The summed E-state index contributed by atoms with van der Waals surface area (Å²) in [6.45, 7) is 4.75. The van der Waals surface area contributed by atoms with E-state index >= 15 is 0 Å². The molecule has 2 aliphatic rings. The zero-order valence-electron chi connectivity index (χ0n) is 12.8. The van der Waals surface area contributed by atoms with Crippen molar-refractivity contribution in [1.82, 2.24) is 15.1 Å². The van der Waals surface area contributed by atoms with Gasteiger partial charge in [0.1, 0.15) is 0 Å². The van der Waals surface area contributed by atoms with Crippen LogP contribution in [0.2, 0.25) is 0 Å². The minimum atomic E-state index is -0.944. The minimum absolute atomic E-state index is 0.129. The van der Waals surface area contributed by atoms with Gasteiger partial charge in [0.2, 0.25) is 0 Å². The van der Waals surface area contributed by atoms with E-state index in [2.05, 4.69) is 24.2 Å². The largest absolute Gasteiger partial charge is 0.481 e. The first kappa shape index (κ1) is 16.6. The van der Waals surface area contributed by atoms with Crippen LogP contribution >= 0.6 is 11.8 Å². The van der Waals surface area contributed by atoms with Crippen LogP contribution in [0.25, 0.3) is 0 Å². The minimum Gasteiger partial charge on any atom is -0.481 e. The zero-order chi connectivity index (χ0) is 16.4. The molecule has 0 aromatic rings. The maximum absolute atomic E-state index is 12.2. The highest BCUT2D eigenvalue weighted by molar-refractivity contribution is 8.14. The van der Waals surface area contributed by atoms with E-state index in [0.717, 1.165) is 18.2 Å². The number of nitrogens with one attached hydrogen (secondary N) is 1. The first-order valence-electron chi connectivity index (χ1n) is 7.08. The van der Waals surface area contributed by atoms with Crippen molar-refractivity contribution in [2.75, 3.05) is 19.3 Å². The maximum atomic E-state index is 12.2. The molecule has 2 atom stereocenters. The predicted molar refractivity (Wildman–Crippen MR) is 82.6 cm³/mol. The summed E-state index contributed by atoms with van der Waals surface area (Å²) in [5.41, 5.74) is 0. The van der Waals surface area contributed by atoms with E-state index in [1.807, 2.05) is 4.90 Å². The number of nitrogens with zero attached hydrogens (tertiary/aromatic N) is 3. The summed E-state index contributed by atoms with van der Waals surface area (Å²) in [5, 5.41) is 11.7. The number of hydrogen-bond acceptors (Lipinski definition) is 6. The van der Waals surface area contributed by atoms with E-state index in [9.17, 15) is 14.4 Å². The molecule has 0 radical (unpaired) electrons. The fourth-order valence-corrected chi connectivity index (χ4v) is 3.19. The Kier molecular flexibility index (Phi) is 4.94. The lowest BCUT2D eigenvalue weighted by Crippen LogP contribution is -2.63. The Labute approximate surface area is 132 Å². The highest BCUT2D eigenvalue weighted by atomic mass is 32.2. The molecule has 0 aliphatic carbocycles. The lowest BCUT2D eigenvalue weighted by Gasteiger charge is -2.36. The van der Waals surface area contributed by atoms with Crippen molar-refractivity contribution in [3.8, 4) is 0 Å². The monoisotopic (exact) mass is 328 g/mol. The fraction of sp³-hybridized carbons (Fsp3) is 0.692. The lowest BCUT2D eigenvalue weighted by molar-refractivity contribution is -0.134. The van der Waals surface area contributed by atoms with Crippen molar-refractivity contribution in [1.29, 1.82) is 0 Å². The Morgan fingerprint density at radius 1 is 1.45 bits per heavy atom. The molecule has 2 N–H and O–H groups in total. The number of rotatable bonds is 5. The van der Waals surface area contributed by atoms with Gasteiger partial charge in [-0.1, -0.05) is 25.6 Å². The molecule has 8 nitrogen and oxygen atoms in total. The number of carboxylic acid groups (broad SMARTS) is 1. The number of fused-ring (bicyclic) bond motifs is 1. The molecule has 1 saturated heterocycles. The molecule has 0 saturated carbocycles. The van der Waals surface area contributed by atoms with Gasteiger partial charge in [-0.25, -0.2) is 9.79 Å². The first-order chi connectivity index (χ1) is 10.3. The number of amidine groups is 1. The normalized spacial score (nSPS) is 24.5. The molecule has 0 bridgehead atoms.